The number of aromatic amines is 1. The van der Waals surface area contributed by atoms with Gasteiger partial charge in [0.15, 0.2) is 0 Å². The van der Waals surface area contributed by atoms with Crippen LogP contribution in [0.25, 0.3) is 43.6 Å². The third-order valence-electron chi connectivity index (χ3n) is 6.07. The molecule has 0 spiro atoms. The van der Waals surface area contributed by atoms with E-state index in [2.05, 4.69) is 63.4 Å². The number of para-hydroxylation sites is 2. The van der Waals surface area contributed by atoms with Crippen LogP contribution in [-0.2, 0) is 19.6 Å². The zero-order valence-corrected chi connectivity index (χ0v) is 15.2. The summed E-state index contributed by atoms with van der Waals surface area (Å²) in [7, 11) is 0. The maximum Gasteiger partial charge on any atom is 0.0740 e. The second-order valence-corrected chi connectivity index (χ2v) is 7.52. The second kappa shape index (κ2) is 5.59. The van der Waals surface area contributed by atoms with E-state index in [0.29, 0.717) is 6.54 Å². The Kier molecular flexibility index (Phi) is 3.16. The molecule has 3 heterocycles. The standard InChI is InChI=1S/C23H22N4/c24-10-5-11-27-19-9-4-2-7-15(19)21-17-13-25-12-16(17)20-14-6-1-3-8-18(14)26-22(20)23(21)27/h1-4,6-9,25-26H,5,10-13,24H2. The third-order valence-corrected chi connectivity index (χ3v) is 6.07. The van der Waals surface area contributed by atoms with E-state index >= 15 is 0 Å². The van der Waals surface area contributed by atoms with Crippen LogP contribution in [0, 0.1) is 0 Å². The summed E-state index contributed by atoms with van der Waals surface area (Å²) in [6.45, 7) is 3.52. The number of aryl methyl sites for hydroxylation is 1. The van der Waals surface area contributed by atoms with Gasteiger partial charge in [-0.25, -0.2) is 0 Å². The van der Waals surface area contributed by atoms with Crippen molar-refractivity contribution in [3.8, 4) is 0 Å². The lowest BCUT2D eigenvalue weighted by molar-refractivity contribution is 0.688. The van der Waals surface area contributed by atoms with E-state index < -0.39 is 0 Å². The molecule has 0 radical (unpaired) electrons. The number of benzene rings is 3. The van der Waals surface area contributed by atoms with Gasteiger partial charge in [0.1, 0.15) is 0 Å². The molecule has 0 unspecified atom stereocenters. The van der Waals surface area contributed by atoms with Crippen LogP contribution >= 0.6 is 0 Å². The van der Waals surface area contributed by atoms with E-state index in [1.54, 1.807) is 0 Å². The van der Waals surface area contributed by atoms with Crippen molar-refractivity contribution < 1.29 is 0 Å². The molecule has 0 aliphatic carbocycles. The van der Waals surface area contributed by atoms with Gasteiger partial charge in [-0.3, -0.25) is 0 Å². The Labute approximate surface area is 156 Å². The van der Waals surface area contributed by atoms with Crippen molar-refractivity contribution in [2.75, 3.05) is 6.54 Å². The Morgan fingerprint density at radius 1 is 0.889 bits per heavy atom. The predicted octanol–water partition coefficient (Wildman–Crippen LogP) is 4.38. The predicted molar refractivity (Wildman–Crippen MR) is 113 cm³/mol. The van der Waals surface area contributed by atoms with Crippen LogP contribution < -0.4 is 11.1 Å². The van der Waals surface area contributed by atoms with E-state index in [0.717, 1.165) is 26.1 Å². The minimum absolute atomic E-state index is 0.705. The molecule has 5 aromatic rings. The van der Waals surface area contributed by atoms with Crippen molar-refractivity contribution in [2.24, 2.45) is 5.73 Å². The number of rotatable bonds is 3. The second-order valence-electron chi connectivity index (χ2n) is 7.52. The lowest BCUT2D eigenvalue weighted by Crippen LogP contribution is -2.06. The first kappa shape index (κ1) is 15.3. The van der Waals surface area contributed by atoms with Crippen LogP contribution in [-0.4, -0.2) is 16.1 Å². The zero-order chi connectivity index (χ0) is 18.0. The number of hydrogen-bond donors (Lipinski definition) is 3. The average Bonchev–Trinajstić information content (AvgIpc) is 3.39. The molecule has 4 nitrogen and oxygen atoms in total. The molecule has 1 aliphatic rings. The number of nitrogens with one attached hydrogen (secondary N) is 2. The van der Waals surface area contributed by atoms with Gasteiger partial charge in [0.05, 0.1) is 11.0 Å². The van der Waals surface area contributed by atoms with E-state index in [1.165, 1.54) is 54.7 Å². The summed E-state index contributed by atoms with van der Waals surface area (Å²) < 4.78 is 2.48. The van der Waals surface area contributed by atoms with E-state index in [9.17, 15) is 0 Å². The highest BCUT2D eigenvalue weighted by atomic mass is 15.0. The molecule has 6 rings (SSSR count). The average molecular weight is 354 g/mol. The Hall–Kier alpha value is -2.82. The molecule has 0 atom stereocenters. The van der Waals surface area contributed by atoms with E-state index in [1.807, 2.05) is 0 Å². The molecule has 0 saturated carbocycles. The van der Waals surface area contributed by atoms with Crippen molar-refractivity contribution in [3.05, 3.63) is 59.7 Å². The molecule has 0 saturated heterocycles. The summed E-state index contributed by atoms with van der Waals surface area (Å²) in [4.78, 5) is 3.75. The fourth-order valence-corrected chi connectivity index (χ4v) is 4.99. The first-order valence-electron chi connectivity index (χ1n) is 9.74. The smallest absolute Gasteiger partial charge is 0.0740 e. The largest absolute Gasteiger partial charge is 0.353 e. The van der Waals surface area contributed by atoms with Gasteiger partial charge in [-0.05, 0) is 36.2 Å². The van der Waals surface area contributed by atoms with Crippen LogP contribution in [0.2, 0.25) is 0 Å². The lowest BCUT2D eigenvalue weighted by Gasteiger charge is -2.10. The van der Waals surface area contributed by atoms with Gasteiger partial charge in [0.25, 0.3) is 0 Å². The van der Waals surface area contributed by atoms with Crippen molar-refractivity contribution in [1.82, 2.24) is 14.9 Å². The van der Waals surface area contributed by atoms with Gasteiger partial charge < -0.3 is 20.6 Å². The molecule has 0 amide bonds. The molecule has 0 bridgehead atoms. The number of nitrogens with zero attached hydrogens (tertiary/aromatic N) is 1. The van der Waals surface area contributed by atoms with Gasteiger partial charge in [0.2, 0.25) is 0 Å². The van der Waals surface area contributed by atoms with Crippen molar-refractivity contribution in [2.45, 2.75) is 26.1 Å². The third kappa shape index (κ3) is 1.94. The summed E-state index contributed by atoms with van der Waals surface area (Å²) in [5.74, 6) is 0. The molecule has 27 heavy (non-hydrogen) atoms. The maximum absolute atomic E-state index is 5.87. The van der Waals surface area contributed by atoms with Crippen LogP contribution in [0.3, 0.4) is 0 Å². The van der Waals surface area contributed by atoms with Gasteiger partial charge in [-0.2, -0.15) is 0 Å². The molecular weight excluding hydrogens is 332 g/mol. The number of aromatic nitrogens is 2. The fraction of sp³-hybridized carbons (Fsp3) is 0.217. The van der Waals surface area contributed by atoms with Crippen LogP contribution in [0.4, 0.5) is 0 Å². The Bertz CT molecular complexity index is 1340. The highest BCUT2D eigenvalue weighted by Gasteiger charge is 2.25. The summed E-state index contributed by atoms with van der Waals surface area (Å²) in [6.07, 6.45) is 0.977. The summed E-state index contributed by atoms with van der Waals surface area (Å²) in [6, 6.07) is 17.5. The molecule has 4 heteroatoms. The zero-order valence-electron chi connectivity index (χ0n) is 15.2. The number of hydrogen-bond acceptors (Lipinski definition) is 2. The van der Waals surface area contributed by atoms with Crippen molar-refractivity contribution in [3.63, 3.8) is 0 Å². The van der Waals surface area contributed by atoms with Gasteiger partial charge >= 0.3 is 0 Å². The Morgan fingerprint density at radius 2 is 1.63 bits per heavy atom. The monoisotopic (exact) mass is 354 g/mol. The van der Waals surface area contributed by atoms with Crippen LogP contribution in [0.15, 0.2) is 48.5 Å². The first-order valence-corrected chi connectivity index (χ1v) is 9.74. The van der Waals surface area contributed by atoms with E-state index in [-0.39, 0.29) is 0 Å². The number of H-pyrrole nitrogens is 1. The molecule has 3 aromatic carbocycles. The van der Waals surface area contributed by atoms with Gasteiger partial charge in [-0.15, -0.1) is 0 Å². The first-order chi connectivity index (χ1) is 13.4. The van der Waals surface area contributed by atoms with Crippen molar-refractivity contribution >= 4 is 43.6 Å². The van der Waals surface area contributed by atoms with Crippen LogP contribution in [0.1, 0.15) is 17.5 Å². The molecular formula is C23H22N4. The topological polar surface area (TPSA) is 58.8 Å². The maximum atomic E-state index is 5.87. The minimum atomic E-state index is 0.705. The molecule has 0 fully saturated rings. The fourth-order valence-electron chi connectivity index (χ4n) is 4.99. The summed E-state index contributed by atoms with van der Waals surface area (Å²) >= 11 is 0. The highest BCUT2D eigenvalue weighted by Crippen LogP contribution is 2.43. The Balaban J connectivity index is 1.91. The summed E-state index contributed by atoms with van der Waals surface area (Å²) in [5, 5.41) is 9.06. The molecule has 4 N–H and O–H groups in total. The van der Waals surface area contributed by atoms with E-state index in [4.69, 9.17) is 5.73 Å². The van der Waals surface area contributed by atoms with Gasteiger partial charge in [-0.1, -0.05) is 36.4 Å². The van der Waals surface area contributed by atoms with Crippen LogP contribution in [0.5, 0.6) is 0 Å². The molecule has 1 aliphatic heterocycles. The normalized spacial score (nSPS) is 14.1. The highest BCUT2D eigenvalue weighted by molar-refractivity contribution is 6.24. The number of fused-ring (bicyclic) bond motifs is 10. The Morgan fingerprint density at radius 3 is 2.48 bits per heavy atom. The van der Waals surface area contributed by atoms with Crippen molar-refractivity contribution in [1.29, 1.82) is 0 Å². The minimum Gasteiger partial charge on any atom is -0.353 e. The molecule has 2 aromatic heterocycles. The number of nitrogens with two attached hydrogens (primary N) is 1. The van der Waals surface area contributed by atoms with Gasteiger partial charge in [0, 0.05) is 52.2 Å². The quantitative estimate of drug-likeness (QED) is 0.450. The lowest BCUT2D eigenvalue weighted by atomic mass is 9.97. The molecule has 134 valence electrons. The summed E-state index contributed by atoms with van der Waals surface area (Å²) in [5.41, 5.74) is 13.9. The SMILES string of the molecule is NCCCn1c2ccccc2c2c3c(c4c5ccccc5[nH]c4c21)CNC3.